The summed E-state index contributed by atoms with van der Waals surface area (Å²) in [6, 6.07) is 0. The predicted octanol–water partition coefficient (Wildman–Crippen LogP) is 3.53. The quantitative estimate of drug-likeness (QED) is 0.517. The van der Waals surface area contributed by atoms with E-state index in [-0.39, 0.29) is 17.1 Å². The van der Waals surface area contributed by atoms with Gasteiger partial charge in [0.25, 0.3) is 0 Å². The van der Waals surface area contributed by atoms with Crippen LogP contribution in [-0.4, -0.2) is 0 Å². The minimum atomic E-state index is 0. The molecule has 0 aliphatic heterocycles. The molecule has 2 fully saturated rings. The van der Waals surface area contributed by atoms with E-state index in [0.29, 0.717) is 0 Å². The SMILES string of the molecule is C1CCCC1.[CH]1C[CH]CC1.[Fe]. The van der Waals surface area contributed by atoms with Crippen LogP contribution in [0, 0.1) is 12.8 Å². The van der Waals surface area contributed by atoms with Crippen molar-refractivity contribution in [2.75, 3.05) is 0 Å². The van der Waals surface area contributed by atoms with Gasteiger partial charge >= 0.3 is 0 Å². The second kappa shape index (κ2) is 8.61. The summed E-state index contributed by atoms with van der Waals surface area (Å²) in [5.74, 6) is 0. The maximum Gasteiger partial charge on any atom is 0 e. The van der Waals surface area contributed by atoms with Gasteiger partial charge in [-0.2, -0.15) is 0 Å². The Hall–Kier alpha value is 0.519. The standard InChI is InChI=1S/C5H10.C5H8.Fe/c2*1-2-4-5-3-1;/h1-5H2;1,4H,2-3,5H2;. The molecule has 0 spiro atoms. The van der Waals surface area contributed by atoms with Crippen LogP contribution in [0.3, 0.4) is 0 Å². The Morgan fingerprint density at radius 2 is 1.00 bits per heavy atom. The van der Waals surface area contributed by atoms with Crippen molar-refractivity contribution < 1.29 is 17.1 Å². The van der Waals surface area contributed by atoms with E-state index < -0.39 is 0 Å². The Balaban J connectivity index is 0.000000167. The molecule has 1 heteroatoms. The van der Waals surface area contributed by atoms with Crippen molar-refractivity contribution in [1.82, 2.24) is 0 Å². The van der Waals surface area contributed by atoms with Gasteiger partial charge in [0.1, 0.15) is 0 Å². The monoisotopic (exact) mass is 194 g/mol. The molecule has 0 unspecified atom stereocenters. The number of rotatable bonds is 0. The summed E-state index contributed by atoms with van der Waals surface area (Å²) < 4.78 is 0. The van der Waals surface area contributed by atoms with Crippen molar-refractivity contribution in [1.29, 1.82) is 0 Å². The van der Waals surface area contributed by atoms with E-state index in [2.05, 4.69) is 12.8 Å². The molecule has 0 atom stereocenters. The molecule has 66 valence electrons. The smallest absolute Gasteiger partial charge is 0 e. The van der Waals surface area contributed by atoms with Crippen molar-refractivity contribution in [3.05, 3.63) is 12.8 Å². The molecule has 2 radical (unpaired) electrons. The molecule has 0 nitrogen and oxygen atoms in total. The minimum Gasteiger partial charge on any atom is -0.0533 e. The summed E-state index contributed by atoms with van der Waals surface area (Å²) in [6.07, 6.45) is 16.0. The second-order valence-corrected chi connectivity index (χ2v) is 3.16. The molecule has 2 rings (SSSR count). The topological polar surface area (TPSA) is 0 Å². The van der Waals surface area contributed by atoms with Gasteiger partial charge in [-0.15, -0.1) is 0 Å². The van der Waals surface area contributed by atoms with Crippen LogP contribution in [0.25, 0.3) is 0 Å². The fourth-order valence-corrected chi connectivity index (χ4v) is 1.47. The van der Waals surface area contributed by atoms with E-state index in [0.717, 1.165) is 0 Å². The first-order chi connectivity index (χ1) is 5.00. The molecule has 0 aromatic heterocycles. The molecule has 0 aromatic rings. The van der Waals surface area contributed by atoms with Gasteiger partial charge in [0.2, 0.25) is 0 Å². The predicted molar refractivity (Wildman–Crippen MR) is 45.5 cm³/mol. The van der Waals surface area contributed by atoms with Gasteiger partial charge in [0, 0.05) is 17.1 Å². The molecule has 11 heavy (non-hydrogen) atoms. The summed E-state index contributed by atoms with van der Waals surface area (Å²) in [7, 11) is 0. The molecule has 0 amide bonds. The molecular formula is C10H18Fe. The molecular weight excluding hydrogens is 176 g/mol. The Morgan fingerprint density at radius 3 is 1.18 bits per heavy atom. The van der Waals surface area contributed by atoms with Crippen LogP contribution < -0.4 is 0 Å². The zero-order chi connectivity index (χ0) is 7.07. The second-order valence-electron chi connectivity index (χ2n) is 3.16. The summed E-state index contributed by atoms with van der Waals surface area (Å²) in [6.45, 7) is 0. The van der Waals surface area contributed by atoms with Gasteiger partial charge in [-0.05, 0) is 32.1 Å². The fourth-order valence-electron chi connectivity index (χ4n) is 1.47. The van der Waals surface area contributed by atoms with Crippen LogP contribution in [0.15, 0.2) is 0 Å². The Labute approximate surface area is 81.6 Å². The maximum atomic E-state index is 2.31. The van der Waals surface area contributed by atoms with Crippen molar-refractivity contribution in [2.45, 2.75) is 51.4 Å². The molecule has 0 saturated heterocycles. The van der Waals surface area contributed by atoms with Gasteiger partial charge in [-0.25, -0.2) is 0 Å². The number of hydrogen-bond acceptors (Lipinski definition) is 0. The molecule has 0 heterocycles. The first kappa shape index (κ1) is 11.5. The average molecular weight is 194 g/mol. The molecule has 2 aliphatic carbocycles. The average Bonchev–Trinajstić information content (AvgIpc) is 2.67. The summed E-state index contributed by atoms with van der Waals surface area (Å²) >= 11 is 0. The Kier molecular flexibility index (Phi) is 9.02. The van der Waals surface area contributed by atoms with Gasteiger partial charge in [-0.1, -0.05) is 32.1 Å². The third-order valence-corrected chi connectivity index (χ3v) is 2.16. The van der Waals surface area contributed by atoms with E-state index in [9.17, 15) is 0 Å². The van der Waals surface area contributed by atoms with Crippen LogP contribution in [0.4, 0.5) is 0 Å². The molecule has 0 bridgehead atoms. The van der Waals surface area contributed by atoms with Crippen molar-refractivity contribution in [2.24, 2.45) is 0 Å². The van der Waals surface area contributed by atoms with E-state index in [1.165, 1.54) is 51.4 Å². The van der Waals surface area contributed by atoms with Gasteiger partial charge in [0.05, 0.1) is 0 Å². The molecule has 2 saturated carbocycles. The van der Waals surface area contributed by atoms with Crippen molar-refractivity contribution in [3.8, 4) is 0 Å². The fraction of sp³-hybridized carbons (Fsp3) is 0.800. The van der Waals surface area contributed by atoms with Crippen LogP contribution in [0.5, 0.6) is 0 Å². The molecule has 2 aliphatic rings. The zero-order valence-corrected chi connectivity index (χ0v) is 8.27. The first-order valence-corrected chi connectivity index (χ1v) is 4.63. The van der Waals surface area contributed by atoms with Crippen molar-refractivity contribution in [3.63, 3.8) is 0 Å². The minimum absolute atomic E-state index is 0. The van der Waals surface area contributed by atoms with Crippen LogP contribution in [0.2, 0.25) is 0 Å². The van der Waals surface area contributed by atoms with E-state index in [1.807, 2.05) is 0 Å². The van der Waals surface area contributed by atoms with E-state index in [4.69, 9.17) is 0 Å². The van der Waals surface area contributed by atoms with E-state index >= 15 is 0 Å². The first-order valence-electron chi connectivity index (χ1n) is 4.63. The normalized spacial score (nSPS) is 21.8. The Bertz CT molecular complexity index is 38.1. The number of hydrogen-bond donors (Lipinski definition) is 0. The zero-order valence-electron chi connectivity index (χ0n) is 7.17. The molecule has 0 aromatic carbocycles. The van der Waals surface area contributed by atoms with Crippen LogP contribution in [-0.2, 0) is 17.1 Å². The van der Waals surface area contributed by atoms with Gasteiger partial charge in [-0.3, -0.25) is 0 Å². The third kappa shape index (κ3) is 6.90. The third-order valence-electron chi connectivity index (χ3n) is 2.16. The van der Waals surface area contributed by atoms with Crippen LogP contribution in [0.1, 0.15) is 51.4 Å². The van der Waals surface area contributed by atoms with E-state index in [1.54, 1.807) is 0 Å². The summed E-state index contributed by atoms with van der Waals surface area (Å²) in [4.78, 5) is 0. The largest absolute Gasteiger partial charge is 0.0533 e. The van der Waals surface area contributed by atoms with Crippen LogP contribution >= 0.6 is 0 Å². The Morgan fingerprint density at radius 1 is 0.636 bits per heavy atom. The summed E-state index contributed by atoms with van der Waals surface area (Å²) in [5, 5.41) is 0. The summed E-state index contributed by atoms with van der Waals surface area (Å²) in [5.41, 5.74) is 0. The van der Waals surface area contributed by atoms with Crippen molar-refractivity contribution >= 4 is 0 Å². The maximum absolute atomic E-state index is 2.31. The van der Waals surface area contributed by atoms with Gasteiger partial charge < -0.3 is 0 Å². The molecule has 0 N–H and O–H groups in total. The van der Waals surface area contributed by atoms with Gasteiger partial charge in [0.15, 0.2) is 0 Å².